The molecule has 2 aromatic rings. The Hall–Kier alpha value is -1.60. The van der Waals surface area contributed by atoms with Crippen LogP contribution >= 0.6 is 15.9 Å². The lowest BCUT2D eigenvalue weighted by atomic mass is 10.2. The van der Waals surface area contributed by atoms with Crippen LogP contribution in [0.3, 0.4) is 0 Å². The number of benzene rings is 1. The molecule has 1 aromatic carbocycles. The Morgan fingerprint density at radius 2 is 2.00 bits per heavy atom. The van der Waals surface area contributed by atoms with Gasteiger partial charge < -0.3 is 5.32 Å². The van der Waals surface area contributed by atoms with Crippen molar-refractivity contribution in [1.82, 2.24) is 4.98 Å². The second-order valence-electron chi connectivity index (χ2n) is 5.29. The molecule has 23 heavy (non-hydrogen) atoms. The average molecular weight is 398 g/mol. The standard InChI is InChI=1S/C16H20BrN3O2S/c1-3-4-9-23(21,22)20-16-8-6-14(11-18-16)19-15-7-5-13(17)10-12(15)2/h5-8,10-11,19H,3-4,9H2,1-2H3,(H,18,20). The fourth-order valence-corrected chi connectivity index (χ4v) is 3.68. The predicted octanol–water partition coefficient (Wildman–Crippen LogP) is 4.44. The van der Waals surface area contributed by atoms with Crippen molar-refractivity contribution in [3.05, 3.63) is 46.6 Å². The zero-order valence-corrected chi connectivity index (χ0v) is 15.5. The first-order valence-corrected chi connectivity index (χ1v) is 9.84. The highest BCUT2D eigenvalue weighted by Gasteiger charge is 2.10. The van der Waals surface area contributed by atoms with Crippen molar-refractivity contribution in [2.24, 2.45) is 0 Å². The summed E-state index contributed by atoms with van der Waals surface area (Å²) >= 11 is 3.43. The maximum Gasteiger partial charge on any atom is 0.233 e. The summed E-state index contributed by atoms with van der Waals surface area (Å²) in [6, 6.07) is 9.40. The largest absolute Gasteiger partial charge is 0.354 e. The molecule has 0 spiro atoms. The molecule has 0 radical (unpaired) electrons. The molecule has 2 rings (SSSR count). The molecule has 2 N–H and O–H groups in total. The number of nitrogens with zero attached hydrogens (tertiary/aromatic N) is 1. The van der Waals surface area contributed by atoms with Crippen LogP contribution in [-0.2, 0) is 10.0 Å². The number of unbranched alkanes of at least 4 members (excludes halogenated alkanes) is 1. The van der Waals surface area contributed by atoms with E-state index >= 15 is 0 Å². The Morgan fingerprint density at radius 3 is 2.61 bits per heavy atom. The molecular weight excluding hydrogens is 378 g/mol. The molecule has 0 aliphatic heterocycles. The molecule has 0 bridgehead atoms. The minimum Gasteiger partial charge on any atom is -0.354 e. The Kier molecular flexibility index (Phi) is 6.01. The molecule has 0 amide bonds. The molecule has 1 heterocycles. The highest BCUT2D eigenvalue weighted by molar-refractivity contribution is 9.10. The Bertz CT molecular complexity index is 761. The van der Waals surface area contributed by atoms with Gasteiger partial charge in [-0.1, -0.05) is 29.3 Å². The summed E-state index contributed by atoms with van der Waals surface area (Å²) in [5.74, 6) is 0.447. The van der Waals surface area contributed by atoms with Gasteiger partial charge in [0.1, 0.15) is 5.82 Å². The van der Waals surface area contributed by atoms with E-state index in [4.69, 9.17) is 0 Å². The molecule has 1 aromatic heterocycles. The Morgan fingerprint density at radius 1 is 1.22 bits per heavy atom. The number of pyridine rings is 1. The van der Waals surface area contributed by atoms with E-state index in [9.17, 15) is 8.42 Å². The summed E-state index contributed by atoms with van der Waals surface area (Å²) in [6.07, 6.45) is 3.08. The summed E-state index contributed by atoms with van der Waals surface area (Å²) in [4.78, 5) is 4.15. The highest BCUT2D eigenvalue weighted by Crippen LogP contribution is 2.24. The number of aromatic nitrogens is 1. The normalized spacial score (nSPS) is 11.3. The number of hydrogen-bond acceptors (Lipinski definition) is 4. The van der Waals surface area contributed by atoms with Crippen LogP contribution in [0, 0.1) is 6.92 Å². The summed E-state index contributed by atoms with van der Waals surface area (Å²) in [6.45, 7) is 3.97. The molecule has 0 aliphatic rings. The lowest BCUT2D eigenvalue weighted by Crippen LogP contribution is -2.17. The van der Waals surface area contributed by atoms with E-state index in [1.807, 2.05) is 32.0 Å². The zero-order valence-electron chi connectivity index (χ0n) is 13.1. The fourth-order valence-electron chi connectivity index (χ4n) is 2.00. The van der Waals surface area contributed by atoms with Crippen molar-refractivity contribution in [2.45, 2.75) is 26.7 Å². The van der Waals surface area contributed by atoms with Crippen LogP contribution in [0.15, 0.2) is 41.0 Å². The smallest absolute Gasteiger partial charge is 0.233 e. The van der Waals surface area contributed by atoms with Gasteiger partial charge in [0.15, 0.2) is 0 Å². The van der Waals surface area contributed by atoms with Crippen LogP contribution in [0.25, 0.3) is 0 Å². The number of nitrogens with one attached hydrogen (secondary N) is 2. The highest BCUT2D eigenvalue weighted by atomic mass is 79.9. The Balaban J connectivity index is 2.05. The van der Waals surface area contributed by atoms with Crippen molar-refractivity contribution < 1.29 is 8.42 Å². The van der Waals surface area contributed by atoms with Gasteiger partial charge in [-0.25, -0.2) is 13.4 Å². The molecular formula is C16H20BrN3O2S. The van der Waals surface area contributed by atoms with Gasteiger partial charge in [0, 0.05) is 10.2 Å². The molecule has 124 valence electrons. The van der Waals surface area contributed by atoms with Crippen molar-refractivity contribution in [2.75, 3.05) is 15.8 Å². The predicted molar refractivity (Wildman–Crippen MR) is 98.7 cm³/mol. The second-order valence-corrected chi connectivity index (χ2v) is 8.05. The zero-order chi connectivity index (χ0) is 16.9. The summed E-state index contributed by atoms with van der Waals surface area (Å²) in [5, 5.41) is 3.26. The number of rotatable bonds is 7. The van der Waals surface area contributed by atoms with Gasteiger partial charge in [-0.2, -0.15) is 0 Å². The lowest BCUT2D eigenvalue weighted by molar-refractivity contribution is 0.597. The molecule has 0 aliphatic carbocycles. The van der Waals surface area contributed by atoms with Crippen LogP contribution < -0.4 is 10.0 Å². The van der Waals surface area contributed by atoms with Crippen molar-refractivity contribution in [3.8, 4) is 0 Å². The molecule has 7 heteroatoms. The van der Waals surface area contributed by atoms with E-state index in [-0.39, 0.29) is 5.75 Å². The summed E-state index contributed by atoms with van der Waals surface area (Å²) < 4.78 is 27.2. The average Bonchev–Trinajstić information content (AvgIpc) is 2.50. The molecule has 5 nitrogen and oxygen atoms in total. The molecule has 0 atom stereocenters. The van der Waals surface area contributed by atoms with Crippen LogP contribution in [0.4, 0.5) is 17.2 Å². The van der Waals surface area contributed by atoms with E-state index in [2.05, 4.69) is 31.0 Å². The van der Waals surface area contributed by atoms with Gasteiger partial charge >= 0.3 is 0 Å². The number of sulfonamides is 1. The molecule has 0 saturated heterocycles. The first-order chi connectivity index (χ1) is 10.9. The van der Waals surface area contributed by atoms with Gasteiger partial charge in [0.25, 0.3) is 0 Å². The van der Waals surface area contributed by atoms with Gasteiger partial charge in [-0.15, -0.1) is 0 Å². The minimum absolute atomic E-state index is 0.114. The maximum absolute atomic E-state index is 11.8. The number of anilines is 3. The number of halogens is 1. The molecule has 0 unspecified atom stereocenters. The van der Waals surface area contributed by atoms with E-state index in [0.29, 0.717) is 12.2 Å². The van der Waals surface area contributed by atoms with Gasteiger partial charge in [0.05, 0.1) is 17.6 Å². The van der Waals surface area contributed by atoms with Gasteiger partial charge in [-0.3, -0.25) is 4.72 Å². The first kappa shape index (κ1) is 17.7. The Labute approximate surface area is 145 Å². The van der Waals surface area contributed by atoms with E-state index in [1.54, 1.807) is 18.3 Å². The third-order valence-electron chi connectivity index (χ3n) is 3.26. The fraction of sp³-hybridized carbons (Fsp3) is 0.312. The van der Waals surface area contributed by atoms with Crippen molar-refractivity contribution in [3.63, 3.8) is 0 Å². The third-order valence-corrected chi connectivity index (χ3v) is 5.10. The first-order valence-electron chi connectivity index (χ1n) is 7.39. The summed E-state index contributed by atoms with van der Waals surface area (Å²) in [7, 11) is -3.32. The monoisotopic (exact) mass is 397 g/mol. The summed E-state index contributed by atoms with van der Waals surface area (Å²) in [5.41, 5.74) is 2.88. The van der Waals surface area contributed by atoms with E-state index < -0.39 is 10.0 Å². The van der Waals surface area contributed by atoms with Crippen LogP contribution in [0.2, 0.25) is 0 Å². The number of hydrogen-bond donors (Lipinski definition) is 2. The lowest BCUT2D eigenvalue weighted by Gasteiger charge is -2.11. The van der Waals surface area contributed by atoms with E-state index in [0.717, 1.165) is 27.8 Å². The van der Waals surface area contributed by atoms with Crippen molar-refractivity contribution >= 4 is 43.1 Å². The SMILES string of the molecule is CCCCS(=O)(=O)Nc1ccc(Nc2ccc(Br)cc2C)cn1. The second kappa shape index (κ2) is 7.79. The van der Waals surface area contributed by atoms with Crippen LogP contribution in [0.5, 0.6) is 0 Å². The maximum atomic E-state index is 11.8. The van der Waals surface area contributed by atoms with E-state index in [1.165, 1.54) is 0 Å². The van der Waals surface area contributed by atoms with Gasteiger partial charge in [0.2, 0.25) is 10.0 Å². The number of aryl methyl sites for hydroxylation is 1. The van der Waals surface area contributed by atoms with Crippen molar-refractivity contribution in [1.29, 1.82) is 0 Å². The third kappa shape index (κ3) is 5.51. The minimum atomic E-state index is -3.32. The molecule has 0 fully saturated rings. The van der Waals surface area contributed by atoms with Crippen LogP contribution in [0.1, 0.15) is 25.3 Å². The van der Waals surface area contributed by atoms with Gasteiger partial charge in [-0.05, 0) is 49.2 Å². The van der Waals surface area contributed by atoms with Crippen LogP contribution in [-0.4, -0.2) is 19.2 Å². The molecule has 0 saturated carbocycles. The topological polar surface area (TPSA) is 71.1 Å². The quantitative estimate of drug-likeness (QED) is 0.724.